The average Bonchev–Trinajstić information content (AvgIpc) is 2.51. The first-order chi connectivity index (χ1) is 7.13. The van der Waals surface area contributed by atoms with Crippen molar-refractivity contribution >= 4 is 17.3 Å². The number of aryl methyl sites for hydroxylation is 2. The zero-order valence-corrected chi connectivity index (χ0v) is 10.3. The van der Waals surface area contributed by atoms with Crippen molar-refractivity contribution in [3.05, 3.63) is 17.5 Å². The Morgan fingerprint density at radius 1 is 1.53 bits per heavy atom. The Morgan fingerprint density at radius 2 is 2.27 bits per heavy atom. The van der Waals surface area contributed by atoms with Crippen LogP contribution in [0.15, 0.2) is 6.20 Å². The molecule has 5 heteroatoms. The van der Waals surface area contributed by atoms with E-state index in [1.807, 2.05) is 24.9 Å². The molecule has 0 aliphatic rings. The lowest BCUT2D eigenvalue weighted by Crippen LogP contribution is -2.35. The van der Waals surface area contributed by atoms with Crippen LogP contribution in [0, 0.1) is 6.92 Å². The molecule has 0 atom stereocenters. The van der Waals surface area contributed by atoms with Gasteiger partial charge < -0.3 is 10.6 Å². The Hall–Kier alpha value is -1.10. The van der Waals surface area contributed by atoms with Gasteiger partial charge in [-0.25, -0.2) is 0 Å². The molecule has 84 valence electrons. The Balaban J connectivity index is 2.36. The largest absolute Gasteiger partial charge is 0.363 e. The molecule has 15 heavy (non-hydrogen) atoms. The third-order valence-corrected chi connectivity index (χ3v) is 2.38. The van der Waals surface area contributed by atoms with Gasteiger partial charge in [-0.3, -0.25) is 4.68 Å². The summed E-state index contributed by atoms with van der Waals surface area (Å²) in [7, 11) is 1.92. The van der Waals surface area contributed by atoms with E-state index in [9.17, 15) is 0 Å². The van der Waals surface area contributed by atoms with Crippen molar-refractivity contribution in [2.24, 2.45) is 7.05 Å². The normalized spacial score (nSPS) is 10.1. The van der Waals surface area contributed by atoms with Gasteiger partial charge in [-0.15, -0.1) is 0 Å². The molecule has 0 aromatic carbocycles. The first-order valence-corrected chi connectivity index (χ1v) is 5.55. The standard InChI is InChI=1S/C10H18N4S/c1-4-5-11-10(15)12-6-9-7-14(3)13-8(9)2/h7H,4-6H2,1-3H3,(H2,11,12,15). The van der Waals surface area contributed by atoms with Crippen molar-refractivity contribution in [2.75, 3.05) is 6.54 Å². The van der Waals surface area contributed by atoms with Gasteiger partial charge in [0, 0.05) is 31.9 Å². The molecule has 0 saturated heterocycles. The molecule has 0 aliphatic carbocycles. The van der Waals surface area contributed by atoms with Crippen LogP contribution in [-0.2, 0) is 13.6 Å². The number of nitrogens with zero attached hydrogens (tertiary/aromatic N) is 2. The van der Waals surface area contributed by atoms with E-state index in [4.69, 9.17) is 12.2 Å². The van der Waals surface area contributed by atoms with Crippen LogP contribution in [0.4, 0.5) is 0 Å². The fraction of sp³-hybridized carbons (Fsp3) is 0.600. The molecule has 0 bridgehead atoms. The molecule has 0 saturated carbocycles. The molecule has 1 rings (SSSR count). The molecule has 2 N–H and O–H groups in total. The van der Waals surface area contributed by atoms with Crippen LogP contribution in [0.5, 0.6) is 0 Å². The summed E-state index contributed by atoms with van der Waals surface area (Å²) in [6, 6.07) is 0. The van der Waals surface area contributed by atoms with E-state index in [1.54, 1.807) is 0 Å². The van der Waals surface area contributed by atoms with Crippen LogP contribution >= 0.6 is 12.2 Å². The SMILES string of the molecule is CCCNC(=S)NCc1cn(C)nc1C. The molecule has 0 unspecified atom stereocenters. The monoisotopic (exact) mass is 226 g/mol. The van der Waals surface area contributed by atoms with E-state index in [2.05, 4.69) is 22.7 Å². The van der Waals surface area contributed by atoms with Crippen LogP contribution in [0.2, 0.25) is 0 Å². The molecule has 0 spiro atoms. The minimum Gasteiger partial charge on any atom is -0.363 e. The van der Waals surface area contributed by atoms with Crippen molar-refractivity contribution in [3.63, 3.8) is 0 Å². The maximum Gasteiger partial charge on any atom is 0.166 e. The van der Waals surface area contributed by atoms with Gasteiger partial charge in [-0.1, -0.05) is 6.92 Å². The van der Waals surface area contributed by atoms with Gasteiger partial charge in [-0.05, 0) is 25.6 Å². The van der Waals surface area contributed by atoms with E-state index < -0.39 is 0 Å². The highest BCUT2D eigenvalue weighted by molar-refractivity contribution is 7.80. The zero-order chi connectivity index (χ0) is 11.3. The van der Waals surface area contributed by atoms with Gasteiger partial charge in [-0.2, -0.15) is 5.10 Å². The van der Waals surface area contributed by atoms with Crippen molar-refractivity contribution in [3.8, 4) is 0 Å². The molecule has 0 fully saturated rings. The molecule has 1 aromatic heterocycles. The number of nitrogens with one attached hydrogen (secondary N) is 2. The molecule has 1 heterocycles. The second kappa shape index (κ2) is 5.70. The summed E-state index contributed by atoms with van der Waals surface area (Å²) in [6.45, 7) is 5.76. The zero-order valence-electron chi connectivity index (χ0n) is 9.50. The Labute approximate surface area is 96.1 Å². The number of hydrogen-bond donors (Lipinski definition) is 2. The molecular formula is C10H18N4S. The topological polar surface area (TPSA) is 41.9 Å². The van der Waals surface area contributed by atoms with Crippen LogP contribution in [0.1, 0.15) is 24.6 Å². The second-order valence-corrected chi connectivity index (χ2v) is 3.93. The smallest absolute Gasteiger partial charge is 0.166 e. The van der Waals surface area contributed by atoms with Crippen LogP contribution in [0.3, 0.4) is 0 Å². The van der Waals surface area contributed by atoms with Gasteiger partial charge >= 0.3 is 0 Å². The van der Waals surface area contributed by atoms with E-state index in [0.29, 0.717) is 5.11 Å². The molecule has 0 amide bonds. The fourth-order valence-electron chi connectivity index (χ4n) is 1.30. The highest BCUT2D eigenvalue weighted by Crippen LogP contribution is 2.03. The predicted octanol–water partition coefficient (Wildman–Crippen LogP) is 1.10. The summed E-state index contributed by atoms with van der Waals surface area (Å²) in [6.07, 6.45) is 3.08. The maximum atomic E-state index is 5.12. The number of hydrogen-bond acceptors (Lipinski definition) is 2. The quantitative estimate of drug-likeness (QED) is 0.755. The highest BCUT2D eigenvalue weighted by atomic mass is 32.1. The van der Waals surface area contributed by atoms with E-state index in [-0.39, 0.29) is 0 Å². The number of rotatable bonds is 4. The van der Waals surface area contributed by atoms with Gasteiger partial charge in [0.25, 0.3) is 0 Å². The van der Waals surface area contributed by atoms with Gasteiger partial charge in [0.05, 0.1) is 5.69 Å². The molecule has 1 aromatic rings. The number of thiocarbonyl (C=S) groups is 1. The van der Waals surface area contributed by atoms with Gasteiger partial charge in [0.15, 0.2) is 5.11 Å². The summed E-state index contributed by atoms with van der Waals surface area (Å²) in [5.41, 5.74) is 2.22. The maximum absolute atomic E-state index is 5.12. The third kappa shape index (κ3) is 3.87. The fourth-order valence-corrected chi connectivity index (χ4v) is 1.47. The first-order valence-electron chi connectivity index (χ1n) is 5.14. The van der Waals surface area contributed by atoms with E-state index in [1.165, 1.54) is 5.56 Å². The van der Waals surface area contributed by atoms with Crippen molar-refractivity contribution in [1.29, 1.82) is 0 Å². The highest BCUT2D eigenvalue weighted by Gasteiger charge is 2.02. The Bertz CT molecular complexity index is 332. The molecule has 0 radical (unpaired) electrons. The van der Waals surface area contributed by atoms with E-state index in [0.717, 1.165) is 25.2 Å². The molecule has 0 aliphatic heterocycles. The minimum absolute atomic E-state index is 0.708. The minimum atomic E-state index is 0.708. The van der Waals surface area contributed by atoms with Crippen LogP contribution < -0.4 is 10.6 Å². The first kappa shape index (κ1) is 12.0. The summed E-state index contributed by atoms with van der Waals surface area (Å²) in [5.74, 6) is 0. The molecule has 4 nitrogen and oxygen atoms in total. The van der Waals surface area contributed by atoms with Gasteiger partial charge in [0.1, 0.15) is 0 Å². The number of aromatic nitrogens is 2. The molecular weight excluding hydrogens is 208 g/mol. The Kier molecular flexibility index (Phi) is 4.55. The lowest BCUT2D eigenvalue weighted by atomic mass is 10.3. The van der Waals surface area contributed by atoms with Crippen molar-refractivity contribution in [1.82, 2.24) is 20.4 Å². The lowest BCUT2D eigenvalue weighted by Gasteiger charge is -2.08. The average molecular weight is 226 g/mol. The third-order valence-electron chi connectivity index (χ3n) is 2.09. The van der Waals surface area contributed by atoms with Gasteiger partial charge in [0.2, 0.25) is 0 Å². The van der Waals surface area contributed by atoms with Crippen LogP contribution in [-0.4, -0.2) is 21.4 Å². The van der Waals surface area contributed by atoms with E-state index >= 15 is 0 Å². The summed E-state index contributed by atoms with van der Waals surface area (Å²) >= 11 is 5.12. The Morgan fingerprint density at radius 3 is 2.80 bits per heavy atom. The predicted molar refractivity (Wildman–Crippen MR) is 65.7 cm³/mol. The van der Waals surface area contributed by atoms with Crippen LogP contribution in [0.25, 0.3) is 0 Å². The summed E-state index contributed by atoms with van der Waals surface area (Å²) < 4.78 is 1.81. The summed E-state index contributed by atoms with van der Waals surface area (Å²) in [5, 5.41) is 11.2. The van der Waals surface area contributed by atoms with Crippen molar-refractivity contribution in [2.45, 2.75) is 26.8 Å². The lowest BCUT2D eigenvalue weighted by molar-refractivity contribution is 0.756. The second-order valence-electron chi connectivity index (χ2n) is 3.52. The van der Waals surface area contributed by atoms with Crippen molar-refractivity contribution < 1.29 is 0 Å². The summed E-state index contributed by atoms with van der Waals surface area (Å²) in [4.78, 5) is 0.